The lowest BCUT2D eigenvalue weighted by atomic mass is 10.1. The van der Waals surface area contributed by atoms with Crippen LogP contribution in [0.2, 0.25) is 0 Å². The Morgan fingerprint density at radius 3 is 2.39 bits per heavy atom. The summed E-state index contributed by atoms with van der Waals surface area (Å²) >= 11 is 0. The van der Waals surface area contributed by atoms with Crippen LogP contribution in [0, 0.1) is 0 Å². The fourth-order valence-corrected chi connectivity index (χ4v) is 2.66. The van der Waals surface area contributed by atoms with Gasteiger partial charge in [0.15, 0.2) is 11.5 Å². The summed E-state index contributed by atoms with van der Waals surface area (Å²) in [6.07, 6.45) is 2.60. The number of benzene rings is 2. The quantitative estimate of drug-likeness (QED) is 0.606. The molecule has 0 saturated carbocycles. The van der Waals surface area contributed by atoms with E-state index in [1.807, 2.05) is 13.8 Å². The predicted molar refractivity (Wildman–Crippen MR) is 114 cm³/mol. The molecule has 0 aromatic heterocycles. The van der Waals surface area contributed by atoms with Gasteiger partial charge in [-0.05, 0) is 43.7 Å². The van der Waals surface area contributed by atoms with E-state index in [9.17, 15) is 18.4 Å². The molecule has 0 aliphatic heterocycles. The lowest BCUT2D eigenvalue weighted by molar-refractivity contribution is -0.116. The molecule has 0 aliphatic carbocycles. The van der Waals surface area contributed by atoms with E-state index in [1.165, 1.54) is 31.4 Å². The van der Waals surface area contributed by atoms with Gasteiger partial charge in [-0.3, -0.25) is 9.59 Å². The Balaban J connectivity index is 2.00. The number of para-hydroxylation sites is 1. The molecule has 2 amide bonds. The molecule has 31 heavy (non-hydrogen) atoms. The van der Waals surface area contributed by atoms with Crippen molar-refractivity contribution in [3.63, 3.8) is 0 Å². The average molecular weight is 432 g/mol. The summed E-state index contributed by atoms with van der Waals surface area (Å²) in [6.45, 7) is 1.09. The van der Waals surface area contributed by atoms with Gasteiger partial charge in [-0.25, -0.2) is 0 Å². The predicted octanol–water partition coefficient (Wildman–Crippen LogP) is 4.11. The van der Waals surface area contributed by atoms with Crippen LogP contribution >= 0.6 is 0 Å². The lowest BCUT2D eigenvalue weighted by Crippen LogP contribution is -2.32. The van der Waals surface area contributed by atoms with Crippen molar-refractivity contribution in [2.75, 3.05) is 14.2 Å². The number of rotatable bonds is 9. The Kier molecular flexibility index (Phi) is 8.54. The number of alkyl halides is 2. The molecule has 0 fully saturated rings. The van der Waals surface area contributed by atoms with Crippen molar-refractivity contribution in [2.45, 2.75) is 33.0 Å². The largest absolute Gasteiger partial charge is 0.493 e. The molecule has 0 spiro atoms. The monoisotopic (exact) mass is 432 g/mol. The molecular weight excluding hydrogens is 406 g/mol. The zero-order chi connectivity index (χ0) is 23.0. The molecule has 166 valence electrons. The van der Waals surface area contributed by atoms with Crippen molar-refractivity contribution < 1.29 is 27.8 Å². The lowest BCUT2D eigenvalue weighted by Gasteiger charge is -2.21. The van der Waals surface area contributed by atoms with Crippen molar-refractivity contribution in [3.05, 3.63) is 65.2 Å². The molecule has 0 aliphatic rings. The molecule has 0 bridgehead atoms. The van der Waals surface area contributed by atoms with Gasteiger partial charge >= 0.3 is 6.61 Å². The second-order valence-corrected chi connectivity index (χ2v) is 7.01. The normalized spacial score (nSPS) is 11.1. The van der Waals surface area contributed by atoms with Crippen molar-refractivity contribution in [1.29, 1.82) is 0 Å². The van der Waals surface area contributed by atoms with Gasteiger partial charge < -0.3 is 19.7 Å². The minimum absolute atomic E-state index is 0.0753. The summed E-state index contributed by atoms with van der Waals surface area (Å²) in [4.78, 5) is 26.1. The summed E-state index contributed by atoms with van der Waals surface area (Å²) in [5, 5.41) is 2.71. The molecule has 2 rings (SSSR count). The first kappa shape index (κ1) is 23.9. The number of hydrogen-bond donors (Lipinski definition) is 1. The number of methoxy groups -OCH3 is 1. The number of nitrogens with zero attached hydrogens (tertiary/aromatic N) is 1. The Labute approximate surface area is 180 Å². The van der Waals surface area contributed by atoms with E-state index in [4.69, 9.17) is 4.74 Å². The van der Waals surface area contributed by atoms with Crippen LogP contribution < -0.4 is 14.8 Å². The van der Waals surface area contributed by atoms with Crippen LogP contribution in [-0.2, 0) is 11.3 Å². The minimum atomic E-state index is -3.02. The van der Waals surface area contributed by atoms with Gasteiger partial charge in [0, 0.05) is 36.8 Å². The highest BCUT2D eigenvalue weighted by Crippen LogP contribution is 2.33. The van der Waals surface area contributed by atoms with Crippen molar-refractivity contribution in [1.82, 2.24) is 10.2 Å². The zero-order valence-corrected chi connectivity index (χ0v) is 17.9. The highest BCUT2D eigenvalue weighted by molar-refractivity contribution is 5.94. The molecule has 2 aromatic carbocycles. The van der Waals surface area contributed by atoms with Crippen LogP contribution in [0.5, 0.6) is 11.5 Å². The summed E-state index contributed by atoms with van der Waals surface area (Å²) in [5.41, 5.74) is 1.66. The second kappa shape index (κ2) is 11.1. The smallest absolute Gasteiger partial charge is 0.387 e. The molecular formula is C23H26F2N2O4. The third kappa shape index (κ3) is 6.80. The Hall–Kier alpha value is -3.42. The van der Waals surface area contributed by atoms with E-state index in [-0.39, 0.29) is 35.6 Å². The maximum Gasteiger partial charge on any atom is 0.387 e. The molecule has 0 atom stereocenters. The van der Waals surface area contributed by atoms with E-state index in [2.05, 4.69) is 10.1 Å². The van der Waals surface area contributed by atoms with Crippen LogP contribution in [-0.4, -0.2) is 43.5 Å². The molecule has 0 saturated heterocycles. The Morgan fingerprint density at radius 2 is 1.81 bits per heavy atom. The van der Waals surface area contributed by atoms with Gasteiger partial charge in [0.1, 0.15) is 0 Å². The van der Waals surface area contributed by atoms with E-state index in [1.54, 1.807) is 42.3 Å². The average Bonchev–Trinajstić information content (AvgIpc) is 2.75. The van der Waals surface area contributed by atoms with E-state index < -0.39 is 12.5 Å². The molecule has 1 N–H and O–H groups in total. The highest BCUT2D eigenvalue weighted by Gasteiger charge is 2.15. The summed E-state index contributed by atoms with van der Waals surface area (Å²) < 4.78 is 34.9. The Bertz CT molecular complexity index is 928. The molecule has 2 aromatic rings. The standard InChI is InChI=1S/C23H26F2N2O4/c1-15(2)27(3)22(29)18-10-8-16(9-11-18)14-26-20(28)13-12-17-6-5-7-19(30-4)21(17)31-23(24)25/h5-13,15,23H,14H2,1-4H3,(H,26,28)/b13-12+. The summed E-state index contributed by atoms with van der Waals surface area (Å²) in [7, 11) is 3.08. The number of nitrogens with one attached hydrogen (secondary N) is 1. The highest BCUT2D eigenvalue weighted by atomic mass is 19.3. The fraction of sp³-hybridized carbons (Fsp3) is 0.304. The molecule has 6 nitrogen and oxygen atoms in total. The van der Waals surface area contributed by atoms with E-state index in [0.29, 0.717) is 5.56 Å². The summed E-state index contributed by atoms with van der Waals surface area (Å²) in [6, 6.07) is 11.7. The maximum absolute atomic E-state index is 12.7. The van der Waals surface area contributed by atoms with Crippen LogP contribution in [0.15, 0.2) is 48.5 Å². The number of carbonyl (C=O) groups excluding carboxylic acids is 2. The number of amides is 2. The van der Waals surface area contributed by atoms with Gasteiger partial charge in [0.25, 0.3) is 5.91 Å². The summed E-state index contributed by atoms with van der Waals surface area (Å²) in [5.74, 6) is -0.490. The van der Waals surface area contributed by atoms with Crippen LogP contribution in [0.25, 0.3) is 6.08 Å². The molecule has 0 heterocycles. The molecule has 8 heteroatoms. The van der Waals surface area contributed by atoms with Crippen LogP contribution in [0.3, 0.4) is 0 Å². The SMILES string of the molecule is COc1cccc(/C=C/C(=O)NCc2ccc(C(=O)N(C)C(C)C)cc2)c1OC(F)F. The van der Waals surface area contributed by atoms with Gasteiger partial charge in [-0.1, -0.05) is 24.3 Å². The molecule has 0 unspecified atom stereocenters. The van der Waals surface area contributed by atoms with Gasteiger partial charge in [0.05, 0.1) is 7.11 Å². The van der Waals surface area contributed by atoms with Crippen LogP contribution in [0.4, 0.5) is 8.78 Å². The van der Waals surface area contributed by atoms with E-state index in [0.717, 1.165) is 5.56 Å². The first-order valence-electron chi connectivity index (χ1n) is 9.66. The first-order chi connectivity index (χ1) is 14.7. The maximum atomic E-state index is 12.7. The van der Waals surface area contributed by atoms with Crippen molar-refractivity contribution >= 4 is 17.9 Å². The zero-order valence-electron chi connectivity index (χ0n) is 17.9. The number of carbonyl (C=O) groups is 2. The first-order valence-corrected chi connectivity index (χ1v) is 9.66. The third-order valence-corrected chi connectivity index (χ3v) is 4.61. The second-order valence-electron chi connectivity index (χ2n) is 7.01. The molecule has 0 radical (unpaired) electrons. The van der Waals surface area contributed by atoms with Gasteiger partial charge in [0.2, 0.25) is 5.91 Å². The third-order valence-electron chi connectivity index (χ3n) is 4.61. The van der Waals surface area contributed by atoms with Crippen molar-refractivity contribution in [2.24, 2.45) is 0 Å². The number of hydrogen-bond acceptors (Lipinski definition) is 4. The van der Waals surface area contributed by atoms with Gasteiger partial charge in [-0.2, -0.15) is 8.78 Å². The van der Waals surface area contributed by atoms with Crippen LogP contribution in [0.1, 0.15) is 35.3 Å². The van der Waals surface area contributed by atoms with E-state index >= 15 is 0 Å². The number of ether oxygens (including phenoxy) is 2. The minimum Gasteiger partial charge on any atom is -0.493 e. The fourth-order valence-electron chi connectivity index (χ4n) is 2.66. The Morgan fingerprint density at radius 1 is 1.13 bits per heavy atom. The topological polar surface area (TPSA) is 67.9 Å². The number of halogens is 2. The van der Waals surface area contributed by atoms with Crippen molar-refractivity contribution in [3.8, 4) is 11.5 Å². The van der Waals surface area contributed by atoms with Gasteiger partial charge in [-0.15, -0.1) is 0 Å².